The molecule has 28 heavy (non-hydrogen) atoms. The Morgan fingerprint density at radius 3 is 2.04 bits per heavy atom. The minimum absolute atomic E-state index is 0.159. The number of carbonyl (C=O) groups excluding carboxylic acids is 4. The van der Waals surface area contributed by atoms with E-state index in [2.05, 4.69) is 0 Å². The van der Waals surface area contributed by atoms with Crippen molar-refractivity contribution in [3.8, 4) is 0 Å². The molecule has 0 heterocycles. The molecule has 0 aliphatic heterocycles. The average Bonchev–Trinajstić information content (AvgIpc) is 2.72. The van der Waals surface area contributed by atoms with Crippen molar-refractivity contribution in [3.05, 3.63) is 87.5 Å². The van der Waals surface area contributed by atoms with E-state index in [0.29, 0.717) is 22.3 Å². The number of benzene rings is 2. The van der Waals surface area contributed by atoms with Crippen LogP contribution in [0.5, 0.6) is 0 Å². The summed E-state index contributed by atoms with van der Waals surface area (Å²) >= 11 is 0. The number of ketones is 4. The average molecular weight is 368 g/mol. The van der Waals surface area contributed by atoms with Gasteiger partial charge in [-0.1, -0.05) is 18.2 Å². The fourth-order valence-corrected chi connectivity index (χ4v) is 4.37. The second-order valence-corrected chi connectivity index (χ2v) is 7.42. The van der Waals surface area contributed by atoms with Gasteiger partial charge in [0.25, 0.3) is 0 Å². The van der Waals surface area contributed by atoms with Gasteiger partial charge in [-0.3, -0.25) is 19.2 Å². The van der Waals surface area contributed by atoms with Crippen LogP contribution in [0.15, 0.2) is 48.6 Å². The molecular formula is C24H16O4. The third-order valence-electron chi connectivity index (χ3n) is 5.75. The van der Waals surface area contributed by atoms with E-state index in [-0.39, 0.29) is 34.3 Å². The van der Waals surface area contributed by atoms with Gasteiger partial charge in [-0.25, -0.2) is 0 Å². The van der Waals surface area contributed by atoms with Crippen LogP contribution in [0, 0.1) is 0 Å². The van der Waals surface area contributed by atoms with Gasteiger partial charge >= 0.3 is 0 Å². The number of fused-ring (bicyclic) bond motifs is 3. The molecule has 136 valence electrons. The number of hydrogen-bond donors (Lipinski definition) is 0. The van der Waals surface area contributed by atoms with Crippen LogP contribution in [-0.2, 0) is 22.4 Å². The molecule has 3 aliphatic carbocycles. The van der Waals surface area contributed by atoms with Crippen molar-refractivity contribution >= 4 is 28.7 Å². The van der Waals surface area contributed by atoms with Crippen LogP contribution >= 0.6 is 0 Å². The van der Waals surface area contributed by atoms with Gasteiger partial charge < -0.3 is 0 Å². The summed E-state index contributed by atoms with van der Waals surface area (Å²) in [6.45, 7) is 0. The van der Waals surface area contributed by atoms with Gasteiger partial charge in [-0.05, 0) is 72.7 Å². The molecule has 0 amide bonds. The quantitative estimate of drug-likeness (QED) is 0.617. The Morgan fingerprint density at radius 1 is 0.679 bits per heavy atom. The highest BCUT2D eigenvalue weighted by atomic mass is 16.1. The minimum Gasteiger partial charge on any atom is -0.290 e. The lowest BCUT2D eigenvalue weighted by Gasteiger charge is -2.24. The summed E-state index contributed by atoms with van der Waals surface area (Å²) in [6, 6.07) is 8.62. The Hall–Kier alpha value is -3.40. The van der Waals surface area contributed by atoms with Crippen LogP contribution in [0.2, 0.25) is 0 Å². The highest BCUT2D eigenvalue weighted by Gasteiger charge is 2.34. The van der Waals surface area contributed by atoms with Crippen molar-refractivity contribution in [3.63, 3.8) is 0 Å². The predicted molar refractivity (Wildman–Crippen MR) is 104 cm³/mol. The first-order chi connectivity index (χ1) is 13.5. The molecule has 0 unspecified atom stereocenters. The molecule has 0 fully saturated rings. The summed E-state index contributed by atoms with van der Waals surface area (Å²) in [5, 5.41) is 0. The molecule has 2 aromatic rings. The molecule has 0 atom stereocenters. The van der Waals surface area contributed by atoms with Crippen LogP contribution in [0.3, 0.4) is 0 Å². The Labute approximate surface area is 161 Å². The molecule has 0 saturated heterocycles. The zero-order chi connectivity index (χ0) is 19.4. The highest BCUT2D eigenvalue weighted by molar-refractivity contribution is 6.37. The molecule has 0 aromatic heterocycles. The maximum Gasteiger partial charge on any atom is 0.195 e. The molecule has 0 radical (unpaired) electrons. The summed E-state index contributed by atoms with van der Waals surface area (Å²) in [4.78, 5) is 50.7. The van der Waals surface area contributed by atoms with Gasteiger partial charge in [-0.2, -0.15) is 0 Å². The summed E-state index contributed by atoms with van der Waals surface area (Å²) in [6.07, 6.45) is 7.64. The van der Waals surface area contributed by atoms with Gasteiger partial charge in [0.1, 0.15) is 0 Å². The lowest BCUT2D eigenvalue weighted by Crippen LogP contribution is -2.24. The van der Waals surface area contributed by atoms with E-state index in [9.17, 15) is 19.2 Å². The minimum atomic E-state index is -0.343. The molecular weight excluding hydrogens is 352 g/mol. The number of rotatable bonds is 1. The van der Waals surface area contributed by atoms with Gasteiger partial charge in [0, 0.05) is 27.8 Å². The number of aryl methyl sites for hydroxylation is 2. The van der Waals surface area contributed by atoms with Crippen molar-refractivity contribution in [2.24, 2.45) is 0 Å². The second-order valence-electron chi connectivity index (χ2n) is 7.42. The molecule has 0 N–H and O–H groups in total. The Bertz CT molecular complexity index is 1180. The topological polar surface area (TPSA) is 68.3 Å². The monoisotopic (exact) mass is 368 g/mol. The SMILES string of the molecule is O=C1C=CC(=O)C(c2cccc3c2C(=O)c2cc4c(cc2C3=O)CCCC4)=C1. The highest BCUT2D eigenvalue weighted by Crippen LogP contribution is 2.36. The standard InChI is InChI=1S/C24H16O4/c25-15-8-9-21(26)18(12-15)16-6-3-7-17-22(16)24(28)20-11-14-5-2-1-4-13(14)10-19(20)23(17)27/h3,6-12H,1-2,4-5H2. The van der Waals surface area contributed by atoms with Gasteiger partial charge in [-0.15, -0.1) is 0 Å². The predicted octanol–water partition coefficient (Wildman–Crippen LogP) is 3.43. The summed E-state index contributed by atoms with van der Waals surface area (Å²) < 4.78 is 0. The lowest BCUT2D eigenvalue weighted by molar-refractivity contribution is -0.113. The van der Waals surface area contributed by atoms with E-state index >= 15 is 0 Å². The van der Waals surface area contributed by atoms with Crippen LogP contribution < -0.4 is 0 Å². The second kappa shape index (κ2) is 6.06. The van der Waals surface area contributed by atoms with E-state index in [4.69, 9.17) is 0 Å². The molecule has 0 saturated carbocycles. The van der Waals surface area contributed by atoms with E-state index in [1.807, 2.05) is 12.1 Å². The molecule has 4 heteroatoms. The first kappa shape index (κ1) is 16.8. The van der Waals surface area contributed by atoms with E-state index in [1.165, 1.54) is 18.2 Å². The molecule has 2 aromatic carbocycles. The third-order valence-corrected chi connectivity index (χ3v) is 5.75. The lowest BCUT2D eigenvalue weighted by atomic mass is 9.77. The summed E-state index contributed by atoms with van der Waals surface area (Å²) in [5.41, 5.74) is 4.13. The van der Waals surface area contributed by atoms with Crippen molar-refractivity contribution in [2.45, 2.75) is 25.7 Å². The summed E-state index contributed by atoms with van der Waals surface area (Å²) in [7, 11) is 0. The van der Waals surface area contributed by atoms with Crippen molar-refractivity contribution in [2.75, 3.05) is 0 Å². The van der Waals surface area contributed by atoms with E-state index < -0.39 is 0 Å². The Morgan fingerprint density at radius 2 is 1.32 bits per heavy atom. The van der Waals surface area contributed by atoms with E-state index in [1.54, 1.807) is 18.2 Å². The smallest absolute Gasteiger partial charge is 0.195 e. The fraction of sp³-hybridized carbons (Fsp3) is 0.167. The zero-order valence-electron chi connectivity index (χ0n) is 15.1. The maximum atomic E-state index is 13.4. The van der Waals surface area contributed by atoms with Crippen molar-refractivity contribution in [1.82, 2.24) is 0 Å². The maximum absolute atomic E-state index is 13.4. The summed E-state index contributed by atoms with van der Waals surface area (Å²) in [5.74, 6) is -1.12. The molecule has 3 aliphatic rings. The number of allylic oxidation sites excluding steroid dienone is 4. The van der Waals surface area contributed by atoms with Gasteiger partial charge in [0.15, 0.2) is 23.1 Å². The van der Waals surface area contributed by atoms with Crippen LogP contribution in [0.25, 0.3) is 5.57 Å². The first-order valence-corrected chi connectivity index (χ1v) is 9.41. The number of carbonyl (C=O) groups is 4. The van der Waals surface area contributed by atoms with Gasteiger partial charge in [0.05, 0.1) is 0 Å². The Kier molecular flexibility index (Phi) is 3.63. The molecule has 4 nitrogen and oxygen atoms in total. The normalized spacial score (nSPS) is 17.8. The zero-order valence-corrected chi connectivity index (χ0v) is 15.1. The van der Waals surface area contributed by atoms with Crippen LogP contribution in [0.4, 0.5) is 0 Å². The van der Waals surface area contributed by atoms with Crippen LogP contribution in [-0.4, -0.2) is 23.1 Å². The number of hydrogen-bond acceptors (Lipinski definition) is 4. The molecule has 0 bridgehead atoms. The first-order valence-electron chi connectivity index (χ1n) is 9.41. The van der Waals surface area contributed by atoms with Gasteiger partial charge in [0.2, 0.25) is 0 Å². The van der Waals surface area contributed by atoms with Crippen LogP contribution in [0.1, 0.15) is 61.4 Å². The third kappa shape index (κ3) is 2.38. The van der Waals surface area contributed by atoms with Crippen molar-refractivity contribution in [1.29, 1.82) is 0 Å². The van der Waals surface area contributed by atoms with Crippen molar-refractivity contribution < 1.29 is 19.2 Å². The van der Waals surface area contributed by atoms with E-state index in [0.717, 1.165) is 36.8 Å². The molecule has 0 spiro atoms. The fourth-order valence-electron chi connectivity index (χ4n) is 4.37. The molecule has 5 rings (SSSR count). The largest absolute Gasteiger partial charge is 0.290 e. The Balaban J connectivity index is 1.73.